The lowest BCUT2D eigenvalue weighted by Crippen LogP contribution is -2.57. The van der Waals surface area contributed by atoms with Gasteiger partial charge in [0.2, 0.25) is 11.8 Å². The van der Waals surface area contributed by atoms with E-state index in [2.05, 4.69) is 18.7 Å². The van der Waals surface area contributed by atoms with Crippen LogP contribution in [-0.4, -0.2) is 95.7 Å². The largest absolute Gasteiger partial charge is 0.394 e. The number of carbonyl (C=O) groups is 3. The van der Waals surface area contributed by atoms with E-state index in [1.165, 1.54) is 4.90 Å². The zero-order valence-electron chi connectivity index (χ0n) is 23.3. The van der Waals surface area contributed by atoms with Crippen molar-refractivity contribution in [3.8, 4) is 0 Å². The van der Waals surface area contributed by atoms with Gasteiger partial charge in [0, 0.05) is 44.1 Å². The number of anilines is 2. The molecule has 1 unspecified atom stereocenters. The molecule has 1 N–H and O–H groups in total. The first-order chi connectivity index (χ1) is 18.8. The van der Waals surface area contributed by atoms with Crippen LogP contribution in [-0.2, 0) is 19.1 Å². The summed E-state index contributed by atoms with van der Waals surface area (Å²) in [6, 6.07) is 6.27. The van der Waals surface area contributed by atoms with Gasteiger partial charge in [-0.05, 0) is 51.5 Å². The van der Waals surface area contributed by atoms with E-state index in [1.54, 1.807) is 16.7 Å². The summed E-state index contributed by atoms with van der Waals surface area (Å²) < 4.78 is 6.65. The van der Waals surface area contributed by atoms with Crippen LogP contribution in [0.2, 0.25) is 0 Å². The first-order valence-corrected chi connectivity index (χ1v) is 14.2. The van der Waals surface area contributed by atoms with Gasteiger partial charge in [0.15, 0.2) is 0 Å². The molecule has 4 aliphatic rings. The van der Waals surface area contributed by atoms with Crippen molar-refractivity contribution in [2.24, 2.45) is 11.8 Å². The number of rotatable bonds is 8. The summed E-state index contributed by atoms with van der Waals surface area (Å²) in [6.07, 6.45) is 7.73. The Hall–Kier alpha value is -3.17. The maximum atomic E-state index is 14.4. The lowest BCUT2D eigenvalue weighted by Gasteiger charge is -2.37. The van der Waals surface area contributed by atoms with Crippen molar-refractivity contribution < 1.29 is 24.2 Å². The van der Waals surface area contributed by atoms with Crippen LogP contribution in [0.1, 0.15) is 34.1 Å². The van der Waals surface area contributed by atoms with Gasteiger partial charge in [0.25, 0.3) is 5.91 Å². The molecule has 6 atom stereocenters. The standard InChI is InChI=1S/C30H40N4O5/c1-5-16-32-17-8-10-23-24(27(32)36)25-28(37)34(20(4)19-35)26-29(38)33(18-9-15-30(25,26)39-23)22-13-11-21(12-14-22)31(6-2)7-3/h8-15,20,23-26,35H,5-7,16-19H2,1-4H3/t20-,23+,24-,25+,26?,30+/m1/s1. The van der Waals surface area contributed by atoms with Gasteiger partial charge in [0.1, 0.15) is 11.6 Å². The number of aliphatic hydroxyl groups excluding tert-OH is 1. The molecule has 1 aromatic rings. The molecular weight excluding hydrogens is 496 g/mol. The number of hydrogen-bond acceptors (Lipinski definition) is 6. The summed E-state index contributed by atoms with van der Waals surface area (Å²) in [6.45, 7) is 10.8. The van der Waals surface area contributed by atoms with Gasteiger partial charge in [-0.3, -0.25) is 14.4 Å². The number of likely N-dealkylation sites (tertiary alicyclic amines) is 1. The Morgan fingerprint density at radius 3 is 2.38 bits per heavy atom. The van der Waals surface area contributed by atoms with E-state index in [9.17, 15) is 19.5 Å². The minimum Gasteiger partial charge on any atom is -0.394 e. The molecule has 4 aliphatic heterocycles. The van der Waals surface area contributed by atoms with Crippen molar-refractivity contribution in [3.63, 3.8) is 0 Å². The van der Waals surface area contributed by atoms with Gasteiger partial charge in [-0.15, -0.1) is 0 Å². The summed E-state index contributed by atoms with van der Waals surface area (Å²) in [5.74, 6) is -2.27. The Morgan fingerprint density at radius 2 is 1.74 bits per heavy atom. The fourth-order valence-electron chi connectivity index (χ4n) is 6.83. The van der Waals surface area contributed by atoms with Crippen molar-refractivity contribution in [1.29, 1.82) is 0 Å². The van der Waals surface area contributed by atoms with Crippen LogP contribution in [0.15, 0.2) is 48.6 Å². The first-order valence-electron chi connectivity index (χ1n) is 14.2. The maximum Gasteiger partial charge on any atom is 0.253 e. The van der Waals surface area contributed by atoms with Crippen molar-refractivity contribution >= 4 is 29.1 Å². The predicted octanol–water partition coefficient (Wildman–Crippen LogP) is 2.21. The normalized spacial score (nSPS) is 30.7. The number of carbonyl (C=O) groups excluding carboxylic acids is 3. The minimum absolute atomic E-state index is 0.117. The van der Waals surface area contributed by atoms with Gasteiger partial charge in [-0.25, -0.2) is 0 Å². The Morgan fingerprint density at radius 1 is 1.03 bits per heavy atom. The lowest BCUT2D eigenvalue weighted by atomic mass is 9.77. The molecule has 3 amide bonds. The van der Waals surface area contributed by atoms with Crippen molar-refractivity contribution in [2.45, 2.75) is 57.9 Å². The fourth-order valence-corrected chi connectivity index (χ4v) is 6.83. The molecule has 4 heterocycles. The topological polar surface area (TPSA) is 93.6 Å². The number of fused-ring (bicyclic) bond motifs is 2. The summed E-state index contributed by atoms with van der Waals surface area (Å²) >= 11 is 0. The quantitative estimate of drug-likeness (QED) is 0.512. The van der Waals surface area contributed by atoms with E-state index in [4.69, 9.17) is 4.74 Å². The van der Waals surface area contributed by atoms with E-state index < -0.39 is 35.6 Å². The molecular formula is C30H40N4O5. The van der Waals surface area contributed by atoms with E-state index >= 15 is 0 Å². The van der Waals surface area contributed by atoms with Crippen LogP contribution in [0.5, 0.6) is 0 Å². The van der Waals surface area contributed by atoms with Gasteiger partial charge in [0.05, 0.1) is 30.6 Å². The molecule has 0 aromatic heterocycles. The average Bonchev–Trinajstić information content (AvgIpc) is 3.27. The molecule has 2 saturated heterocycles. The molecule has 210 valence electrons. The zero-order valence-corrected chi connectivity index (χ0v) is 23.3. The van der Waals surface area contributed by atoms with E-state index in [0.29, 0.717) is 19.6 Å². The highest BCUT2D eigenvalue weighted by molar-refractivity contribution is 6.06. The highest BCUT2D eigenvalue weighted by atomic mass is 16.5. The molecule has 1 spiro atoms. The van der Waals surface area contributed by atoms with Crippen molar-refractivity contribution in [1.82, 2.24) is 9.80 Å². The first kappa shape index (κ1) is 27.4. The third-order valence-corrected chi connectivity index (χ3v) is 8.70. The maximum absolute atomic E-state index is 14.4. The molecule has 39 heavy (non-hydrogen) atoms. The third-order valence-electron chi connectivity index (χ3n) is 8.70. The Labute approximate surface area is 230 Å². The summed E-state index contributed by atoms with van der Waals surface area (Å²) in [4.78, 5) is 49.5. The summed E-state index contributed by atoms with van der Waals surface area (Å²) in [7, 11) is 0. The van der Waals surface area contributed by atoms with Gasteiger partial charge < -0.3 is 29.4 Å². The van der Waals surface area contributed by atoms with Crippen LogP contribution in [0, 0.1) is 11.8 Å². The Bertz CT molecular complexity index is 1160. The predicted molar refractivity (Wildman–Crippen MR) is 149 cm³/mol. The monoisotopic (exact) mass is 536 g/mol. The number of aliphatic hydroxyl groups is 1. The minimum atomic E-state index is -1.29. The number of ether oxygens (including phenoxy) is 1. The molecule has 0 aliphatic carbocycles. The Kier molecular flexibility index (Phi) is 7.57. The molecule has 5 rings (SSSR count). The van der Waals surface area contributed by atoms with Crippen molar-refractivity contribution in [2.75, 3.05) is 49.1 Å². The summed E-state index contributed by atoms with van der Waals surface area (Å²) in [5, 5.41) is 10.1. The average molecular weight is 537 g/mol. The van der Waals surface area contributed by atoms with Crippen LogP contribution in [0.25, 0.3) is 0 Å². The van der Waals surface area contributed by atoms with E-state index in [1.807, 2.05) is 55.5 Å². The Balaban J connectivity index is 1.56. The highest BCUT2D eigenvalue weighted by Crippen LogP contribution is 2.54. The van der Waals surface area contributed by atoms with Crippen LogP contribution >= 0.6 is 0 Å². The van der Waals surface area contributed by atoms with Crippen molar-refractivity contribution in [3.05, 3.63) is 48.6 Å². The SMILES string of the molecule is CCCN1CC=C[C@@H]2O[C@]34C=CCN(c5ccc(N(CC)CC)cc5)C(=O)C3N([C@H](C)CO)C(=O)[C@@H]4[C@@H]2C1=O. The van der Waals surface area contributed by atoms with E-state index in [-0.39, 0.29) is 24.3 Å². The zero-order chi connectivity index (χ0) is 27.9. The second-order valence-electron chi connectivity index (χ2n) is 10.9. The number of hydrogen-bond donors (Lipinski definition) is 1. The smallest absolute Gasteiger partial charge is 0.253 e. The number of benzene rings is 1. The summed E-state index contributed by atoms with van der Waals surface area (Å²) in [5.41, 5.74) is 0.506. The molecule has 9 nitrogen and oxygen atoms in total. The van der Waals surface area contributed by atoms with Crippen LogP contribution in [0.3, 0.4) is 0 Å². The fraction of sp³-hybridized carbons (Fsp3) is 0.567. The molecule has 0 saturated carbocycles. The molecule has 2 fully saturated rings. The van der Waals surface area contributed by atoms with E-state index in [0.717, 1.165) is 30.9 Å². The lowest BCUT2D eigenvalue weighted by molar-refractivity contribution is -0.146. The highest BCUT2D eigenvalue weighted by Gasteiger charge is 2.72. The third kappa shape index (κ3) is 4.26. The molecule has 0 radical (unpaired) electrons. The van der Waals surface area contributed by atoms with Gasteiger partial charge in [-0.2, -0.15) is 0 Å². The molecule has 9 heteroatoms. The van der Waals surface area contributed by atoms with Crippen LogP contribution in [0.4, 0.5) is 11.4 Å². The van der Waals surface area contributed by atoms with Crippen LogP contribution < -0.4 is 9.80 Å². The number of amides is 3. The van der Waals surface area contributed by atoms with Gasteiger partial charge in [-0.1, -0.05) is 31.2 Å². The molecule has 1 aromatic carbocycles. The second kappa shape index (κ2) is 10.8. The second-order valence-corrected chi connectivity index (χ2v) is 10.9. The van der Waals surface area contributed by atoms with Gasteiger partial charge >= 0.3 is 0 Å². The molecule has 0 bridgehead atoms. The number of nitrogens with zero attached hydrogens (tertiary/aromatic N) is 4.